The van der Waals surface area contributed by atoms with Crippen LogP contribution in [0.1, 0.15) is 37.0 Å². The summed E-state index contributed by atoms with van der Waals surface area (Å²) in [6.45, 7) is 4.05. The Morgan fingerprint density at radius 2 is 1.78 bits per heavy atom. The topological polar surface area (TPSA) is 129 Å². The molecule has 5 N–H and O–H groups in total. The molecule has 1 aliphatic rings. The number of halogens is 1. The molecule has 1 aliphatic heterocycles. The molecule has 9 heteroatoms. The number of hydrogen-bond acceptors (Lipinski definition) is 4. The van der Waals surface area contributed by atoms with Gasteiger partial charge >= 0.3 is 5.97 Å². The number of carbonyl (C=O) groups is 3. The van der Waals surface area contributed by atoms with E-state index in [-0.39, 0.29) is 30.8 Å². The number of carbonyl (C=O) groups excluding carboxylic acids is 2. The summed E-state index contributed by atoms with van der Waals surface area (Å²) >= 11 is 0. The second-order valence-corrected chi connectivity index (χ2v) is 9.65. The van der Waals surface area contributed by atoms with Crippen LogP contribution >= 0.6 is 12.4 Å². The smallest absolute Gasteiger partial charge is 0.326 e. The molecule has 0 bridgehead atoms. The van der Waals surface area contributed by atoms with Gasteiger partial charge in [-0.05, 0) is 41.5 Å². The fourth-order valence-electron chi connectivity index (χ4n) is 4.79. The first-order valence-corrected chi connectivity index (χ1v) is 12.0. The minimum Gasteiger partial charge on any atom is -0.480 e. The molecule has 1 aromatic heterocycles. The first-order valence-electron chi connectivity index (χ1n) is 12.0. The van der Waals surface area contributed by atoms with Crippen molar-refractivity contribution >= 4 is 41.1 Å². The van der Waals surface area contributed by atoms with E-state index in [1.54, 1.807) is 0 Å². The van der Waals surface area contributed by atoms with Gasteiger partial charge in [-0.25, -0.2) is 4.79 Å². The number of rotatable bonds is 8. The van der Waals surface area contributed by atoms with E-state index in [1.807, 2.05) is 68.6 Å². The van der Waals surface area contributed by atoms with Crippen molar-refractivity contribution in [3.8, 4) is 0 Å². The number of fused-ring (bicyclic) bond motifs is 2. The van der Waals surface area contributed by atoms with Gasteiger partial charge in [0.2, 0.25) is 11.8 Å². The van der Waals surface area contributed by atoms with E-state index in [0.717, 1.165) is 27.6 Å². The van der Waals surface area contributed by atoms with Gasteiger partial charge in [-0.2, -0.15) is 0 Å². The fourth-order valence-corrected chi connectivity index (χ4v) is 4.79. The lowest BCUT2D eigenvalue weighted by Crippen LogP contribution is -2.58. The van der Waals surface area contributed by atoms with Gasteiger partial charge in [0.15, 0.2) is 0 Å². The van der Waals surface area contributed by atoms with E-state index in [1.165, 1.54) is 4.90 Å². The molecule has 2 amide bonds. The van der Waals surface area contributed by atoms with E-state index in [2.05, 4.69) is 10.3 Å². The monoisotopic (exact) mass is 512 g/mol. The van der Waals surface area contributed by atoms with Gasteiger partial charge in [0, 0.05) is 30.1 Å². The van der Waals surface area contributed by atoms with E-state index in [9.17, 15) is 19.5 Å². The van der Waals surface area contributed by atoms with Gasteiger partial charge in [0.1, 0.15) is 12.1 Å². The fraction of sp³-hybridized carbons (Fsp3) is 0.370. The Balaban J connectivity index is 0.00000361. The van der Waals surface area contributed by atoms with Crippen molar-refractivity contribution in [1.29, 1.82) is 0 Å². The number of aromatic amines is 1. The lowest BCUT2D eigenvalue weighted by Gasteiger charge is -2.38. The Morgan fingerprint density at radius 3 is 2.47 bits per heavy atom. The highest BCUT2D eigenvalue weighted by molar-refractivity contribution is 5.93. The number of para-hydroxylation sites is 1. The number of benzene rings is 2. The van der Waals surface area contributed by atoms with Crippen LogP contribution in [0, 0.1) is 5.92 Å². The quantitative estimate of drug-likeness (QED) is 0.369. The van der Waals surface area contributed by atoms with Crippen molar-refractivity contribution in [3.05, 3.63) is 71.4 Å². The summed E-state index contributed by atoms with van der Waals surface area (Å²) in [7, 11) is 0. The number of aromatic nitrogens is 1. The summed E-state index contributed by atoms with van der Waals surface area (Å²) in [4.78, 5) is 43.3. The standard InChI is InChI=1S/C27H32N4O4.ClH/c1-16(2)11-23(27(34)35)30-25(32)24-13-17-7-3-4-8-18(17)15-31(24)26(33)21(28)12-19-14-29-22-10-6-5-9-20(19)22;/h3-10,14,16,21,23-24,29H,11-13,15,28H2,1-2H3,(H,30,32)(H,34,35);1H/t21-,23-,24-;/m0./s1. The maximum absolute atomic E-state index is 13.6. The first-order chi connectivity index (χ1) is 16.7. The number of nitrogens with two attached hydrogens (primary N) is 1. The highest BCUT2D eigenvalue weighted by Gasteiger charge is 2.38. The number of carboxylic acid groups (broad SMARTS) is 1. The third-order valence-corrected chi connectivity index (χ3v) is 6.59. The number of hydrogen-bond donors (Lipinski definition) is 4. The molecule has 0 spiro atoms. The lowest BCUT2D eigenvalue weighted by molar-refractivity contribution is -0.146. The van der Waals surface area contributed by atoms with Crippen molar-refractivity contribution in [2.45, 2.75) is 57.8 Å². The zero-order valence-corrected chi connectivity index (χ0v) is 21.3. The summed E-state index contributed by atoms with van der Waals surface area (Å²) in [5, 5.41) is 13.3. The van der Waals surface area contributed by atoms with Gasteiger partial charge in [-0.1, -0.05) is 56.3 Å². The number of amides is 2. The maximum Gasteiger partial charge on any atom is 0.326 e. The molecule has 4 rings (SSSR count). The SMILES string of the molecule is CC(C)C[C@H](NC(=O)[C@@H]1Cc2ccccc2CN1C(=O)[C@@H](N)Cc1c[nH]c2ccccc12)C(=O)O.Cl. The molecule has 36 heavy (non-hydrogen) atoms. The molecule has 2 heterocycles. The molecule has 0 radical (unpaired) electrons. The van der Waals surface area contributed by atoms with Gasteiger partial charge in [0.25, 0.3) is 0 Å². The predicted molar refractivity (Wildman–Crippen MR) is 141 cm³/mol. The molecular weight excluding hydrogens is 480 g/mol. The van der Waals surface area contributed by atoms with Gasteiger partial charge in [0.05, 0.1) is 6.04 Å². The van der Waals surface area contributed by atoms with Gasteiger partial charge < -0.3 is 26.0 Å². The number of H-pyrrole nitrogens is 1. The Hall–Kier alpha value is -3.36. The van der Waals surface area contributed by atoms with Crippen LogP contribution in [0.4, 0.5) is 0 Å². The molecule has 3 aromatic rings. The molecule has 2 aromatic carbocycles. The maximum atomic E-state index is 13.6. The summed E-state index contributed by atoms with van der Waals surface area (Å²) in [5.74, 6) is -1.80. The highest BCUT2D eigenvalue weighted by atomic mass is 35.5. The Labute approximate surface area is 216 Å². The molecule has 8 nitrogen and oxygen atoms in total. The van der Waals surface area contributed by atoms with Crippen molar-refractivity contribution in [2.24, 2.45) is 11.7 Å². The molecular formula is C27H33ClN4O4. The summed E-state index contributed by atoms with van der Waals surface area (Å²) in [6.07, 6.45) is 2.79. The van der Waals surface area contributed by atoms with E-state index < -0.39 is 30.0 Å². The van der Waals surface area contributed by atoms with Crippen LogP contribution in [-0.4, -0.2) is 50.9 Å². The van der Waals surface area contributed by atoms with Gasteiger partial charge in [-0.15, -0.1) is 12.4 Å². The van der Waals surface area contributed by atoms with Crippen LogP contribution in [0.3, 0.4) is 0 Å². The van der Waals surface area contributed by atoms with Gasteiger partial charge in [-0.3, -0.25) is 9.59 Å². The Kier molecular flexibility index (Phi) is 8.76. The second-order valence-electron chi connectivity index (χ2n) is 9.65. The van der Waals surface area contributed by atoms with Crippen LogP contribution in [0.5, 0.6) is 0 Å². The average Bonchev–Trinajstić information content (AvgIpc) is 3.24. The average molecular weight is 513 g/mol. The minimum atomic E-state index is -1.09. The van der Waals surface area contributed by atoms with Crippen LogP contribution in [0.2, 0.25) is 0 Å². The number of nitrogens with one attached hydrogen (secondary N) is 2. The molecule has 3 atom stereocenters. The lowest BCUT2D eigenvalue weighted by atomic mass is 9.92. The predicted octanol–water partition coefficient (Wildman–Crippen LogP) is 3.03. The normalized spacial score (nSPS) is 16.7. The van der Waals surface area contributed by atoms with Crippen molar-refractivity contribution < 1.29 is 19.5 Å². The van der Waals surface area contributed by atoms with Crippen LogP contribution in [0.15, 0.2) is 54.7 Å². The second kappa shape index (κ2) is 11.6. The summed E-state index contributed by atoms with van der Waals surface area (Å²) in [5.41, 5.74) is 10.2. The van der Waals surface area contributed by atoms with E-state index in [0.29, 0.717) is 19.3 Å². The third kappa shape index (κ3) is 5.88. The summed E-state index contributed by atoms with van der Waals surface area (Å²) < 4.78 is 0. The van der Waals surface area contributed by atoms with Crippen molar-refractivity contribution in [3.63, 3.8) is 0 Å². The molecule has 192 valence electrons. The molecule has 0 aliphatic carbocycles. The first kappa shape index (κ1) is 27.2. The molecule has 0 unspecified atom stereocenters. The van der Waals surface area contributed by atoms with Crippen molar-refractivity contribution in [1.82, 2.24) is 15.2 Å². The van der Waals surface area contributed by atoms with Crippen molar-refractivity contribution in [2.75, 3.05) is 0 Å². The number of aliphatic carboxylic acids is 1. The van der Waals surface area contributed by atoms with Crippen LogP contribution in [0.25, 0.3) is 10.9 Å². The zero-order chi connectivity index (χ0) is 25.1. The largest absolute Gasteiger partial charge is 0.480 e. The zero-order valence-electron chi connectivity index (χ0n) is 20.4. The van der Waals surface area contributed by atoms with Crippen LogP contribution in [-0.2, 0) is 33.8 Å². The third-order valence-electron chi connectivity index (χ3n) is 6.59. The molecule has 0 fully saturated rings. The number of nitrogens with zero attached hydrogens (tertiary/aromatic N) is 1. The van der Waals surface area contributed by atoms with E-state index in [4.69, 9.17) is 5.73 Å². The van der Waals surface area contributed by atoms with Crippen LogP contribution < -0.4 is 11.1 Å². The molecule has 0 saturated carbocycles. The minimum absolute atomic E-state index is 0. The number of carboxylic acids is 1. The summed E-state index contributed by atoms with van der Waals surface area (Å²) in [6, 6.07) is 12.8. The Bertz CT molecular complexity index is 1240. The Morgan fingerprint density at radius 1 is 1.11 bits per heavy atom. The highest BCUT2D eigenvalue weighted by Crippen LogP contribution is 2.26. The van der Waals surface area contributed by atoms with E-state index >= 15 is 0 Å². The molecule has 0 saturated heterocycles.